The van der Waals surface area contributed by atoms with Crippen molar-refractivity contribution in [1.29, 1.82) is 0 Å². The first-order valence-electron chi connectivity index (χ1n) is 11.7. The van der Waals surface area contributed by atoms with Gasteiger partial charge >= 0.3 is 0 Å². The molecular formula is C26H28N6O2S. The monoisotopic (exact) mass is 488 g/mol. The van der Waals surface area contributed by atoms with Gasteiger partial charge in [-0.1, -0.05) is 12.1 Å². The Labute approximate surface area is 208 Å². The minimum atomic E-state index is -0.665. The molecule has 35 heavy (non-hydrogen) atoms. The van der Waals surface area contributed by atoms with E-state index in [1.165, 1.54) is 0 Å². The van der Waals surface area contributed by atoms with Gasteiger partial charge in [-0.2, -0.15) is 11.8 Å². The lowest BCUT2D eigenvalue weighted by atomic mass is 10.2. The predicted molar refractivity (Wildman–Crippen MR) is 139 cm³/mol. The fourth-order valence-electron chi connectivity index (χ4n) is 4.19. The van der Waals surface area contributed by atoms with Crippen molar-refractivity contribution in [3.8, 4) is 0 Å². The van der Waals surface area contributed by atoms with E-state index < -0.39 is 6.17 Å². The van der Waals surface area contributed by atoms with Crippen LogP contribution in [0.3, 0.4) is 0 Å². The number of anilines is 1. The standard InChI is InChI=1S/C26H28N6O2S/c27-25(19-4-2-10-29-16-19)32-24(17-35-21-7-11-34-12-8-21)31-23-13-20(5-6-22(23)26(32)33)30-15-18-3-1-9-28-14-18/h1-6,9-10,13-14,16,21,25,30H,7-8,11-12,15,17,27H2. The van der Waals surface area contributed by atoms with E-state index in [9.17, 15) is 4.79 Å². The molecule has 1 unspecified atom stereocenters. The summed E-state index contributed by atoms with van der Waals surface area (Å²) < 4.78 is 7.11. The van der Waals surface area contributed by atoms with Crippen molar-refractivity contribution in [2.45, 2.75) is 36.6 Å². The molecule has 8 nitrogen and oxygen atoms in total. The van der Waals surface area contributed by atoms with Crippen LogP contribution < -0.4 is 16.6 Å². The molecule has 0 amide bonds. The zero-order chi connectivity index (χ0) is 24.0. The molecule has 3 aromatic heterocycles. The number of benzene rings is 1. The molecule has 1 fully saturated rings. The minimum absolute atomic E-state index is 0.146. The minimum Gasteiger partial charge on any atom is -0.381 e. The third-order valence-corrected chi connectivity index (χ3v) is 7.48. The van der Waals surface area contributed by atoms with Gasteiger partial charge in [0, 0.05) is 61.0 Å². The van der Waals surface area contributed by atoms with Crippen molar-refractivity contribution in [3.05, 3.63) is 94.6 Å². The summed E-state index contributed by atoms with van der Waals surface area (Å²) in [6.45, 7) is 2.18. The molecule has 1 atom stereocenters. The third-order valence-electron chi connectivity index (χ3n) is 6.11. The van der Waals surface area contributed by atoms with E-state index >= 15 is 0 Å². The van der Waals surface area contributed by atoms with Crippen LogP contribution in [0, 0.1) is 0 Å². The summed E-state index contributed by atoms with van der Waals surface area (Å²) >= 11 is 1.81. The summed E-state index contributed by atoms with van der Waals surface area (Å²) in [5, 5.41) is 4.41. The molecular weight excluding hydrogens is 460 g/mol. The van der Waals surface area contributed by atoms with Gasteiger partial charge in [0.2, 0.25) is 0 Å². The van der Waals surface area contributed by atoms with Crippen LogP contribution in [0.4, 0.5) is 5.69 Å². The van der Waals surface area contributed by atoms with Crippen LogP contribution in [0.5, 0.6) is 0 Å². The second-order valence-corrected chi connectivity index (χ2v) is 9.79. The highest BCUT2D eigenvalue weighted by Gasteiger charge is 2.21. The van der Waals surface area contributed by atoms with Gasteiger partial charge in [0.1, 0.15) is 12.0 Å². The lowest BCUT2D eigenvalue weighted by Gasteiger charge is -2.24. The molecule has 1 aliphatic rings. The third kappa shape index (κ3) is 5.53. The molecule has 180 valence electrons. The number of nitrogens with one attached hydrogen (secondary N) is 1. The lowest BCUT2D eigenvalue weighted by molar-refractivity contribution is 0.1000. The van der Waals surface area contributed by atoms with E-state index in [1.807, 2.05) is 60.4 Å². The van der Waals surface area contributed by atoms with Gasteiger partial charge in [-0.25, -0.2) is 4.98 Å². The lowest BCUT2D eigenvalue weighted by Crippen LogP contribution is -2.34. The molecule has 0 spiro atoms. The summed E-state index contributed by atoms with van der Waals surface area (Å²) in [4.78, 5) is 27.0. The zero-order valence-corrected chi connectivity index (χ0v) is 20.2. The highest BCUT2D eigenvalue weighted by Crippen LogP contribution is 2.27. The fraction of sp³-hybridized carbons (Fsp3) is 0.308. The first-order chi connectivity index (χ1) is 17.2. The van der Waals surface area contributed by atoms with Gasteiger partial charge in [0.05, 0.1) is 16.7 Å². The summed E-state index contributed by atoms with van der Waals surface area (Å²) in [6, 6.07) is 13.3. The van der Waals surface area contributed by atoms with Crippen molar-refractivity contribution in [3.63, 3.8) is 0 Å². The highest BCUT2D eigenvalue weighted by molar-refractivity contribution is 7.99. The molecule has 1 saturated heterocycles. The van der Waals surface area contributed by atoms with Gasteiger partial charge < -0.3 is 15.8 Å². The maximum absolute atomic E-state index is 13.7. The number of rotatable bonds is 8. The molecule has 1 aromatic carbocycles. The number of hydrogen-bond donors (Lipinski definition) is 2. The smallest absolute Gasteiger partial charge is 0.263 e. The van der Waals surface area contributed by atoms with E-state index in [2.05, 4.69) is 15.3 Å². The number of fused-ring (bicyclic) bond motifs is 1. The Bertz CT molecular complexity index is 1330. The summed E-state index contributed by atoms with van der Waals surface area (Å²) in [5.74, 6) is 1.26. The van der Waals surface area contributed by atoms with Gasteiger partial charge in [0.15, 0.2) is 0 Å². The summed E-state index contributed by atoms with van der Waals surface area (Å²) in [6.07, 6.45) is 8.31. The van der Waals surface area contributed by atoms with Crippen molar-refractivity contribution in [2.75, 3.05) is 18.5 Å². The second-order valence-electron chi connectivity index (χ2n) is 8.50. The number of ether oxygens (including phenoxy) is 1. The fourth-order valence-corrected chi connectivity index (χ4v) is 5.30. The number of hydrogen-bond acceptors (Lipinski definition) is 8. The Balaban J connectivity index is 1.49. The highest BCUT2D eigenvalue weighted by atomic mass is 32.2. The Hall–Kier alpha value is -3.27. The number of pyridine rings is 2. The van der Waals surface area contributed by atoms with Crippen molar-refractivity contribution in [2.24, 2.45) is 5.73 Å². The van der Waals surface area contributed by atoms with Gasteiger partial charge in [-0.15, -0.1) is 0 Å². The van der Waals surface area contributed by atoms with Gasteiger partial charge in [-0.3, -0.25) is 19.3 Å². The maximum Gasteiger partial charge on any atom is 0.263 e. The van der Waals surface area contributed by atoms with Crippen LogP contribution >= 0.6 is 11.8 Å². The second kappa shape index (κ2) is 11.0. The van der Waals surface area contributed by atoms with Crippen LogP contribution in [-0.2, 0) is 17.0 Å². The maximum atomic E-state index is 13.7. The quantitative estimate of drug-likeness (QED) is 0.386. The molecule has 0 bridgehead atoms. The normalized spacial score (nSPS) is 15.2. The largest absolute Gasteiger partial charge is 0.381 e. The summed E-state index contributed by atoms with van der Waals surface area (Å²) in [5.41, 5.74) is 9.84. The van der Waals surface area contributed by atoms with E-state index in [1.54, 1.807) is 23.2 Å². The van der Waals surface area contributed by atoms with Crippen LogP contribution in [0.15, 0.2) is 72.0 Å². The molecule has 4 aromatic rings. The zero-order valence-electron chi connectivity index (χ0n) is 19.3. The average Bonchev–Trinajstić information content (AvgIpc) is 2.92. The molecule has 3 N–H and O–H groups in total. The number of aromatic nitrogens is 4. The van der Waals surface area contributed by atoms with Gasteiger partial charge in [0.25, 0.3) is 5.56 Å². The average molecular weight is 489 g/mol. The van der Waals surface area contributed by atoms with E-state index in [-0.39, 0.29) is 5.56 Å². The van der Waals surface area contributed by atoms with E-state index in [0.29, 0.717) is 34.3 Å². The first kappa shape index (κ1) is 23.5. The van der Waals surface area contributed by atoms with Crippen LogP contribution in [0.2, 0.25) is 0 Å². The molecule has 0 saturated carbocycles. The first-order valence-corrected chi connectivity index (χ1v) is 12.8. The van der Waals surface area contributed by atoms with Crippen molar-refractivity contribution in [1.82, 2.24) is 19.5 Å². The molecule has 1 aliphatic heterocycles. The Morgan fingerprint density at radius 3 is 2.66 bits per heavy atom. The number of nitrogens with two attached hydrogens (primary N) is 1. The van der Waals surface area contributed by atoms with Crippen molar-refractivity contribution >= 4 is 28.4 Å². The molecule has 9 heteroatoms. The van der Waals surface area contributed by atoms with Crippen LogP contribution in [0.1, 0.15) is 36.0 Å². The molecule has 5 rings (SSSR count). The molecule has 0 aliphatic carbocycles. The molecule has 4 heterocycles. The van der Waals surface area contributed by atoms with Crippen LogP contribution in [-0.4, -0.2) is 38.0 Å². The predicted octanol–water partition coefficient (Wildman–Crippen LogP) is 3.72. The van der Waals surface area contributed by atoms with E-state index in [0.717, 1.165) is 42.9 Å². The van der Waals surface area contributed by atoms with Gasteiger partial charge in [-0.05, 0) is 48.7 Å². The molecule has 0 radical (unpaired) electrons. The summed E-state index contributed by atoms with van der Waals surface area (Å²) in [7, 11) is 0. The van der Waals surface area contributed by atoms with Crippen molar-refractivity contribution < 1.29 is 4.74 Å². The van der Waals surface area contributed by atoms with E-state index in [4.69, 9.17) is 15.5 Å². The van der Waals surface area contributed by atoms with Crippen LogP contribution in [0.25, 0.3) is 10.9 Å². The number of thioether (sulfide) groups is 1. The Morgan fingerprint density at radius 2 is 1.91 bits per heavy atom. The Morgan fingerprint density at radius 1 is 1.11 bits per heavy atom. The topological polar surface area (TPSA) is 108 Å². The Kier molecular flexibility index (Phi) is 7.37. The SMILES string of the molecule is NC(c1cccnc1)n1c(CSC2CCOCC2)nc2cc(NCc3cccnc3)ccc2c1=O. The number of nitrogens with zero attached hydrogens (tertiary/aromatic N) is 4.